The molecule has 0 spiro atoms. The number of hydrogen-bond donors (Lipinski definition) is 0. The second kappa shape index (κ2) is 8.91. The molecule has 0 atom stereocenters. The third kappa shape index (κ3) is 3.65. The van der Waals surface area contributed by atoms with Crippen LogP contribution in [0.1, 0.15) is 33.4 Å². The first-order valence-electron chi connectivity index (χ1n) is 9.87. The van der Waals surface area contributed by atoms with Gasteiger partial charge in [-0.05, 0) is 96.4 Å². The number of halogens is 2. The van der Waals surface area contributed by atoms with Crippen molar-refractivity contribution < 1.29 is 26.2 Å². The van der Waals surface area contributed by atoms with E-state index in [4.69, 9.17) is 23.2 Å². The molecule has 0 amide bonds. The molecule has 4 aliphatic rings. The van der Waals surface area contributed by atoms with Gasteiger partial charge >= 0.3 is 0 Å². The first-order valence-corrected chi connectivity index (χ1v) is 11.6. The summed E-state index contributed by atoms with van der Waals surface area (Å²) in [6.45, 7) is 13.1. The SMILES string of the molecule is Cc1cccc2c(Cl)c(C)c([Si]c3c(C)c(Cl)c4cccc(C)c(C)c3-4)c-2c1C.[Zr]. The van der Waals surface area contributed by atoms with Crippen molar-refractivity contribution in [3.63, 3.8) is 0 Å². The Balaban J connectivity index is 0.00000256. The Morgan fingerprint density at radius 2 is 0.933 bits per heavy atom. The average molecular weight is 527 g/mol. The van der Waals surface area contributed by atoms with Crippen molar-refractivity contribution in [2.75, 3.05) is 0 Å². The smallest absolute Gasteiger partial charge is 0.0834 e. The summed E-state index contributed by atoms with van der Waals surface area (Å²) >= 11 is 13.6. The van der Waals surface area contributed by atoms with Crippen LogP contribution in [0.25, 0.3) is 22.3 Å². The molecule has 0 unspecified atom stereocenters. The fourth-order valence-electron chi connectivity index (χ4n) is 4.24. The van der Waals surface area contributed by atoms with Gasteiger partial charge < -0.3 is 0 Å². The van der Waals surface area contributed by atoms with Crippen molar-refractivity contribution in [3.8, 4) is 22.3 Å². The predicted octanol–water partition coefficient (Wildman–Crippen LogP) is 6.71. The van der Waals surface area contributed by atoms with E-state index in [1.54, 1.807) is 0 Å². The van der Waals surface area contributed by atoms with E-state index in [1.165, 1.54) is 54.9 Å². The van der Waals surface area contributed by atoms with E-state index in [2.05, 4.69) is 77.9 Å². The third-order valence-electron chi connectivity index (χ3n) is 6.32. The molecule has 0 aromatic rings. The van der Waals surface area contributed by atoms with Crippen LogP contribution < -0.4 is 10.4 Å². The molecule has 4 heteroatoms. The molecule has 0 saturated heterocycles. The molecule has 0 bridgehead atoms. The van der Waals surface area contributed by atoms with E-state index in [9.17, 15) is 0 Å². The van der Waals surface area contributed by atoms with Gasteiger partial charge in [-0.1, -0.05) is 59.6 Å². The van der Waals surface area contributed by atoms with Crippen LogP contribution in [-0.2, 0) is 26.2 Å². The minimum atomic E-state index is 0. The Morgan fingerprint density at radius 3 is 1.30 bits per heavy atom. The zero-order valence-electron chi connectivity index (χ0n) is 18.2. The van der Waals surface area contributed by atoms with Gasteiger partial charge in [-0.2, -0.15) is 0 Å². The fraction of sp³-hybridized carbons (Fsp3) is 0.231. The molecule has 0 saturated carbocycles. The molecular weight excluding hydrogens is 503 g/mol. The number of fused-ring (bicyclic) bond motifs is 2. The molecule has 0 N–H and O–H groups in total. The van der Waals surface area contributed by atoms with Gasteiger partial charge in [-0.15, -0.1) is 0 Å². The van der Waals surface area contributed by atoms with E-state index in [0.29, 0.717) is 9.52 Å². The third-order valence-corrected chi connectivity index (χ3v) is 9.05. The molecule has 2 radical (unpaired) electrons. The molecule has 30 heavy (non-hydrogen) atoms. The van der Waals surface area contributed by atoms with Crippen LogP contribution in [0.15, 0.2) is 36.4 Å². The largest absolute Gasteiger partial charge is 0.124 e. The van der Waals surface area contributed by atoms with Gasteiger partial charge in [-0.25, -0.2) is 0 Å². The fourth-order valence-corrected chi connectivity index (χ4v) is 6.67. The van der Waals surface area contributed by atoms with Crippen molar-refractivity contribution in [1.82, 2.24) is 0 Å². The van der Waals surface area contributed by atoms with Gasteiger partial charge in [0.2, 0.25) is 0 Å². The van der Waals surface area contributed by atoms with Gasteiger partial charge in [0.25, 0.3) is 0 Å². The van der Waals surface area contributed by atoms with E-state index < -0.39 is 0 Å². The molecule has 0 aromatic heterocycles. The quantitative estimate of drug-likeness (QED) is 0.255. The molecule has 0 fully saturated rings. The first kappa shape index (κ1) is 23.7. The standard InChI is InChI=1S/C26H24Cl2Si.Zr/c1-13-9-7-11-19-21(15(13)3)25(17(5)23(19)27)29-26-18(6)24(28)20-12-8-10-14(2)16(4)22(20)26;/h7-12H,1-6H3;. The van der Waals surface area contributed by atoms with E-state index in [1.807, 2.05) is 0 Å². The summed E-state index contributed by atoms with van der Waals surface area (Å²) in [5.41, 5.74) is 12.5. The predicted molar refractivity (Wildman–Crippen MR) is 130 cm³/mol. The number of aryl methyl sites for hydroxylation is 2. The number of rotatable bonds is 2. The Labute approximate surface area is 211 Å². The van der Waals surface area contributed by atoms with Gasteiger partial charge in [-0.3, -0.25) is 0 Å². The Hall–Kier alpha value is -0.920. The minimum Gasteiger partial charge on any atom is -0.0834 e. The normalized spacial score (nSPS) is 11.2. The van der Waals surface area contributed by atoms with Crippen molar-refractivity contribution in [3.05, 3.63) is 79.8 Å². The van der Waals surface area contributed by atoms with Crippen LogP contribution in [0.2, 0.25) is 10.0 Å². The Kier molecular flexibility index (Phi) is 7.05. The van der Waals surface area contributed by atoms with Crippen LogP contribution in [0.3, 0.4) is 0 Å². The molecule has 0 nitrogen and oxygen atoms in total. The van der Waals surface area contributed by atoms with Crippen molar-refractivity contribution >= 4 is 43.1 Å². The molecule has 150 valence electrons. The summed E-state index contributed by atoms with van der Waals surface area (Å²) in [6.07, 6.45) is 0. The average Bonchev–Trinajstić information content (AvgIpc) is 2.91. The van der Waals surface area contributed by atoms with Gasteiger partial charge in [0.05, 0.1) is 10.0 Å². The van der Waals surface area contributed by atoms with E-state index in [-0.39, 0.29) is 26.2 Å². The van der Waals surface area contributed by atoms with Crippen LogP contribution in [-0.4, -0.2) is 9.52 Å². The number of hydrogen-bond acceptors (Lipinski definition) is 0. The summed E-state index contributed by atoms with van der Waals surface area (Å²) in [7, 11) is 0.506. The van der Waals surface area contributed by atoms with Gasteiger partial charge in [0.15, 0.2) is 0 Å². The van der Waals surface area contributed by atoms with E-state index in [0.717, 1.165) is 21.2 Å². The molecule has 0 aromatic carbocycles. The summed E-state index contributed by atoms with van der Waals surface area (Å²) < 4.78 is 0. The zero-order chi connectivity index (χ0) is 21.0. The summed E-state index contributed by atoms with van der Waals surface area (Å²) in [5.74, 6) is 0. The van der Waals surface area contributed by atoms with Crippen LogP contribution >= 0.6 is 23.2 Å². The van der Waals surface area contributed by atoms with E-state index >= 15 is 0 Å². The summed E-state index contributed by atoms with van der Waals surface area (Å²) in [5, 5.41) is 4.44. The summed E-state index contributed by atoms with van der Waals surface area (Å²) in [6, 6.07) is 12.9. The maximum absolute atomic E-state index is 6.82. The van der Waals surface area contributed by atoms with Gasteiger partial charge in [0, 0.05) is 37.3 Å². The molecular formula is C26H24Cl2SiZr. The topological polar surface area (TPSA) is 0 Å². The zero-order valence-corrected chi connectivity index (χ0v) is 23.2. The maximum Gasteiger partial charge on any atom is 0.124 e. The monoisotopic (exact) mass is 524 g/mol. The van der Waals surface area contributed by atoms with Crippen LogP contribution in [0, 0.1) is 41.5 Å². The second-order valence-electron chi connectivity index (χ2n) is 8.00. The minimum absolute atomic E-state index is 0. The maximum atomic E-state index is 6.82. The Morgan fingerprint density at radius 1 is 0.567 bits per heavy atom. The molecule has 0 aliphatic heterocycles. The Bertz CT molecular complexity index is 1120. The summed E-state index contributed by atoms with van der Waals surface area (Å²) in [4.78, 5) is 0. The molecule has 4 aliphatic carbocycles. The first-order chi connectivity index (χ1) is 13.7. The second-order valence-corrected chi connectivity index (χ2v) is 10.0. The van der Waals surface area contributed by atoms with Crippen molar-refractivity contribution in [2.45, 2.75) is 41.5 Å². The van der Waals surface area contributed by atoms with Gasteiger partial charge in [0.1, 0.15) is 9.52 Å². The van der Waals surface area contributed by atoms with Crippen LogP contribution in [0.5, 0.6) is 0 Å². The van der Waals surface area contributed by atoms with Crippen molar-refractivity contribution in [1.29, 1.82) is 0 Å². The molecule has 4 rings (SSSR count). The van der Waals surface area contributed by atoms with Crippen LogP contribution in [0.4, 0.5) is 0 Å². The van der Waals surface area contributed by atoms with Crippen molar-refractivity contribution in [2.24, 2.45) is 0 Å². The molecule has 0 heterocycles.